The van der Waals surface area contributed by atoms with Crippen LogP contribution in [-0.2, 0) is 6.18 Å². The highest BCUT2D eigenvalue weighted by Gasteiger charge is 2.32. The SMILES string of the molecule is CSc1nc(-c2cc(F)cc(C(F)(F)F)c2)nc(C(C)C)c1C(=O)Nc1ccc(F)cc1. The summed E-state index contributed by atoms with van der Waals surface area (Å²) in [7, 11) is 0. The van der Waals surface area contributed by atoms with Crippen LogP contribution in [0.25, 0.3) is 11.4 Å². The number of benzene rings is 2. The number of halogens is 5. The van der Waals surface area contributed by atoms with E-state index in [1.807, 2.05) is 0 Å². The standard InChI is InChI=1S/C22H18F5N3OS/c1-11(2)18-17(20(31)28-16-6-4-14(23)5-7-16)21(32-3)30-19(29-18)12-8-13(22(25,26)27)10-15(24)9-12/h4-11H,1-3H3,(H,28,31). The van der Waals surface area contributed by atoms with Crippen molar-refractivity contribution in [3.63, 3.8) is 0 Å². The molecule has 4 nitrogen and oxygen atoms in total. The van der Waals surface area contributed by atoms with Crippen LogP contribution in [0.3, 0.4) is 0 Å². The van der Waals surface area contributed by atoms with Gasteiger partial charge in [-0.05, 0) is 54.6 Å². The van der Waals surface area contributed by atoms with Crippen molar-refractivity contribution in [1.29, 1.82) is 0 Å². The Kier molecular flexibility index (Phi) is 6.82. The summed E-state index contributed by atoms with van der Waals surface area (Å²) in [5.41, 5.74) is -0.530. The van der Waals surface area contributed by atoms with Crippen LogP contribution in [0, 0.1) is 11.6 Å². The number of hydrogen-bond donors (Lipinski definition) is 1. The molecular formula is C22H18F5N3OS. The number of thioether (sulfide) groups is 1. The van der Waals surface area contributed by atoms with E-state index in [2.05, 4.69) is 15.3 Å². The van der Waals surface area contributed by atoms with Crippen molar-refractivity contribution in [2.75, 3.05) is 11.6 Å². The van der Waals surface area contributed by atoms with Gasteiger partial charge in [-0.15, -0.1) is 11.8 Å². The van der Waals surface area contributed by atoms with Crippen LogP contribution in [0.15, 0.2) is 47.5 Å². The molecule has 1 N–H and O–H groups in total. The van der Waals surface area contributed by atoms with Gasteiger partial charge in [0.15, 0.2) is 5.82 Å². The molecule has 2 aromatic carbocycles. The van der Waals surface area contributed by atoms with E-state index in [4.69, 9.17) is 0 Å². The molecule has 0 atom stereocenters. The first-order chi connectivity index (χ1) is 15.0. The fraction of sp³-hybridized carbons (Fsp3) is 0.227. The predicted molar refractivity (Wildman–Crippen MR) is 113 cm³/mol. The van der Waals surface area contributed by atoms with Gasteiger partial charge in [-0.2, -0.15) is 13.2 Å². The summed E-state index contributed by atoms with van der Waals surface area (Å²) in [6.07, 6.45) is -3.09. The molecule has 0 aliphatic heterocycles. The Hall–Kier alpha value is -3.01. The maximum absolute atomic E-state index is 13.9. The molecule has 0 saturated heterocycles. The highest BCUT2D eigenvalue weighted by molar-refractivity contribution is 7.98. The van der Waals surface area contributed by atoms with Crippen LogP contribution in [-0.4, -0.2) is 22.1 Å². The van der Waals surface area contributed by atoms with E-state index in [1.165, 1.54) is 24.3 Å². The van der Waals surface area contributed by atoms with Crippen molar-refractivity contribution in [2.24, 2.45) is 0 Å². The Labute approximate surface area is 185 Å². The van der Waals surface area contributed by atoms with Crippen LogP contribution >= 0.6 is 11.8 Å². The second-order valence-electron chi connectivity index (χ2n) is 7.16. The third kappa shape index (κ3) is 5.24. The first-order valence-electron chi connectivity index (χ1n) is 9.40. The summed E-state index contributed by atoms with van der Waals surface area (Å²) in [6.45, 7) is 3.52. The zero-order valence-corrected chi connectivity index (χ0v) is 18.0. The maximum Gasteiger partial charge on any atom is 0.416 e. The van der Waals surface area contributed by atoms with Crippen LogP contribution in [0.1, 0.15) is 41.4 Å². The van der Waals surface area contributed by atoms with Gasteiger partial charge in [0, 0.05) is 11.3 Å². The molecule has 0 fully saturated rings. The Morgan fingerprint density at radius 3 is 2.22 bits per heavy atom. The van der Waals surface area contributed by atoms with Crippen molar-refractivity contribution in [3.8, 4) is 11.4 Å². The zero-order valence-electron chi connectivity index (χ0n) is 17.2. The van der Waals surface area contributed by atoms with E-state index in [0.717, 1.165) is 23.9 Å². The van der Waals surface area contributed by atoms with Gasteiger partial charge in [0.2, 0.25) is 0 Å². The van der Waals surface area contributed by atoms with Gasteiger partial charge in [-0.1, -0.05) is 13.8 Å². The van der Waals surface area contributed by atoms with Gasteiger partial charge in [0.25, 0.3) is 5.91 Å². The van der Waals surface area contributed by atoms with Crippen LogP contribution < -0.4 is 5.32 Å². The molecule has 0 aliphatic carbocycles. The minimum atomic E-state index is -4.74. The molecular weight excluding hydrogens is 449 g/mol. The fourth-order valence-corrected chi connectivity index (χ4v) is 3.55. The molecule has 0 radical (unpaired) electrons. The van der Waals surface area contributed by atoms with E-state index in [1.54, 1.807) is 20.1 Å². The van der Waals surface area contributed by atoms with E-state index < -0.39 is 29.3 Å². The summed E-state index contributed by atoms with van der Waals surface area (Å²) in [5.74, 6) is -2.51. The minimum Gasteiger partial charge on any atom is -0.322 e. The zero-order chi connectivity index (χ0) is 23.6. The Morgan fingerprint density at radius 1 is 1.00 bits per heavy atom. The molecule has 1 heterocycles. The summed E-state index contributed by atoms with van der Waals surface area (Å²) >= 11 is 1.10. The number of nitrogens with zero attached hydrogens (tertiary/aromatic N) is 2. The molecule has 10 heteroatoms. The molecule has 3 aromatic rings. The van der Waals surface area contributed by atoms with Gasteiger partial charge in [-0.3, -0.25) is 4.79 Å². The third-order valence-corrected chi connectivity index (χ3v) is 5.14. The van der Waals surface area contributed by atoms with Gasteiger partial charge in [0.05, 0.1) is 16.8 Å². The van der Waals surface area contributed by atoms with Crippen molar-refractivity contribution in [1.82, 2.24) is 9.97 Å². The van der Waals surface area contributed by atoms with Crippen LogP contribution in [0.5, 0.6) is 0 Å². The van der Waals surface area contributed by atoms with Crippen molar-refractivity contribution < 1.29 is 26.7 Å². The summed E-state index contributed by atoms with van der Waals surface area (Å²) in [4.78, 5) is 21.5. The molecule has 1 amide bonds. The van der Waals surface area contributed by atoms with Crippen molar-refractivity contribution in [2.45, 2.75) is 31.0 Å². The highest BCUT2D eigenvalue weighted by Crippen LogP contribution is 2.34. The molecule has 0 spiro atoms. The number of amides is 1. The van der Waals surface area contributed by atoms with Crippen LogP contribution in [0.4, 0.5) is 27.6 Å². The molecule has 0 aliphatic rings. The molecule has 0 saturated carbocycles. The topological polar surface area (TPSA) is 54.9 Å². The number of carbonyl (C=O) groups is 1. The van der Waals surface area contributed by atoms with E-state index in [-0.39, 0.29) is 33.6 Å². The second kappa shape index (κ2) is 9.23. The van der Waals surface area contributed by atoms with Crippen molar-refractivity contribution in [3.05, 3.63) is 70.9 Å². The van der Waals surface area contributed by atoms with Crippen LogP contribution in [0.2, 0.25) is 0 Å². The number of hydrogen-bond acceptors (Lipinski definition) is 4. The van der Waals surface area contributed by atoms with Crippen molar-refractivity contribution >= 4 is 23.4 Å². The number of anilines is 1. The van der Waals surface area contributed by atoms with E-state index in [9.17, 15) is 26.7 Å². The highest BCUT2D eigenvalue weighted by atomic mass is 32.2. The molecule has 32 heavy (non-hydrogen) atoms. The first-order valence-corrected chi connectivity index (χ1v) is 10.6. The first kappa shape index (κ1) is 23.6. The molecule has 3 rings (SSSR count). The average molecular weight is 467 g/mol. The smallest absolute Gasteiger partial charge is 0.322 e. The van der Waals surface area contributed by atoms with Gasteiger partial charge in [-0.25, -0.2) is 18.7 Å². The van der Waals surface area contributed by atoms with Gasteiger partial charge >= 0.3 is 6.18 Å². The lowest BCUT2D eigenvalue weighted by molar-refractivity contribution is -0.137. The second-order valence-corrected chi connectivity index (χ2v) is 7.95. The lowest BCUT2D eigenvalue weighted by Crippen LogP contribution is -2.19. The normalized spacial score (nSPS) is 11.7. The predicted octanol–water partition coefficient (Wildman–Crippen LogP) is 6.54. The number of carbonyl (C=O) groups excluding carboxylic acids is 1. The minimum absolute atomic E-state index is 0.124. The summed E-state index contributed by atoms with van der Waals surface area (Å²) in [6, 6.07) is 7.24. The number of alkyl halides is 3. The van der Waals surface area contributed by atoms with Gasteiger partial charge in [0.1, 0.15) is 16.7 Å². The number of nitrogens with one attached hydrogen (secondary N) is 1. The van der Waals surface area contributed by atoms with E-state index >= 15 is 0 Å². The summed E-state index contributed by atoms with van der Waals surface area (Å²) < 4.78 is 66.4. The molecule has 0 bridgehead atoms. The van der Waals surface area contributed by atoms with Gasteiger partial charge < -0.3 is 5.32 Å². The van der Waals surface area contributed by atoms with E-state index in [0.29, 0.717) is 11.8 Å². The summed E-state index contributed by atoms with van der Waals surface area (Å²) in [5, 5.41) is 2.86. The molecule has 168 valence electrons. The number of aromatic nitrogens is 2. The lowest BCUT2D eigenvalue weighted by Gasteiger charge is -2.17. The molecule has 0 unspecified atom stereocenters. The Morgan fingerprint density at radius 2 is 1.66 bits per heavy atom. The third-order valence-electron chi connectivity index (χ3n) is 4.46. The fourth-order valence-electron chi connectivity index (χ4n) is 2.97. The number of rotatable bonds is 5. The average Bonchev–Trinajstić information content (AvgIpc) is 2.73. The Bertz CT molecular complexity index is 1150. The quantitative estimate of drug-likeness (QED) is 0.263. The maximum atomic E-state index is 13.9. The molecule has 1 aromatic heterocycles. The Balaban J connectivity index is 2.11. The lowest BCUT2D eigenvalue weighted by atomic mass is 10.0. The largest absolute Gasteiger partial charge is 0.416 e. The monoisotopic (exact) mass is 467 g/mol.